The van der Waals surface area contributed by atoms with E-state index in [2.05, 4.69) is 19.7 Å². The molecule has 0 bridgehead atoms. The zero-order valence-corrected chi connectivity index (χ0v) is 17.4. The van der Waals surface area contributed by atoms with Crippen LogP contribution in [-0.4, -0.2) is 59.5 Å². The molecule has 0 saturated carbocycles. The average Bonchev–Trinajstić information content (AvgIpc) is 3.42. The van der Waals surface area contributed by atoms with Gasteiger partial charge in [-0.3, -0.25) is 14.2 Å². The standard InChI is InChI=1S/C21H28N6O4/c22-18(28)13-31-17-3-1-2-14(10-17)11-27-20(16-6-9-30-12-16)24-25-21(27)26-7-4-15(5-8-26)19(23)29/h1-3,10,15-16H,4-9,11-13H2,(H2,22,28)(H2,23,29). The van der Waals surface area contributed by atoms with Crippen LogP contribution in [0.2, 0.25) is 0 Å². The molecule has 1 atom stereocenters. The van der Waals surface area contributed by atoms with Gasteiger partial charge in [0.2, 0.25) is 11.9 Å². The molecule has 2 fully saturated rings. The normalized spacial score (nSPS) is 19.5. The highest BCUT2D eigenvalue weighted by Gasteiger charge is 2.30. The van der Waals surface area contributed by atoms with Crippen molar-refractivity contribution < 1.29 is 19.1 Å². The van der Waals surface area contributed by atoms with Crippen molar-refractivity contribution in [2.45, 2.75) is 31.7 Å². The smallest absolute Gasteiger partial charge is 0.255 e. The number of benzene rings is 1. The van der Waals surface area contributed by atoms with Gasteiger partial charge in [-0.25, -0.2) is 0 Å². The lowest BCUT2D eigenvalue weighted by atomic mass is 9.96. The van der Waals surface area contributed by atoms with Crippen molar-refractivity contribution in [3.8, 4) is 5.75 Å². The first-order valence-electron chi connectivity index (χ1n) is 10.6. The highest BCUT2D eigenvalue weighted by atomic mass is 16.5. The molecule has 0 spiro atoms. The molecular weight excluding hydrogens is 400 g/mol. The maximum absolute atomic E-state index is 11.5. The Kier molecular flexibility index (Phi) is 6.36. The van der Waals surface area contributed by atoms with Gasteiger partial charge < -0.3 is 25.8 Å². The number of anilines is 1. The van der Waals surface area contributed by atoms with Crippen molar-refractivity contribution in [1.29, 1.82) is 0 Å². The third-order valence-corrected chi connectivity index (χ3v) is 5.86. The number of carbonyl (C=O) groups is 2. The molecule has 1 aromatic carbocycles. The summed E-state index contributed by atoms with van der Waals surface area (Å²) in [5.41, 5.74) is 11.7. The summed E-state index contributed by atoms with van der Waals surface area (Å²) in [4.78, 5) is 24.7. The molecular formula is C21H28N6O4. The predicted octanol–water partition coefficient (Wildman–Crippen LogP) is 0.396. The van der Waals surface area contributed by atoms with Gasteiger partial charge in [0, 0.05) is 31.5 Å². The van der Waals surface area contributed by atoms with Gasteiger partial charge in [-0.15, -0.1) is 10.2 Å². The van der Waals surface area contributed by atoms with Crippen LogP contribution >= 0.6 is 0 Å². The molecule has 1 aromatic heterocycles. The number of hydrogen-bond donors (Lipinski definition) is 2. The minimum atomic E-state index is -0.519. The first-order chi connectivity index (χ1) is 15.0. The molecule has 10 nitrogen and oxygen atoms in total. The van der Waals surface area contributed by atoms with Crippen LogP contribution in [0.3, 0.4) is 0 Å². The highest BCUT2D eigenvalue weighted by Crippen LogP contribution is 2.30. The molecule has 3 heterocycles. The third-order valence-electron chi connectivity index (χ3n) is 5.86. The molecule has 2 aliphatic heterocycles. The van der Waals surface area contributed by atoms with Crippen LogP contribution in [0.25, 0.3) is 0 Å². The lowest BCUT2D eigenvalue weighted by Crippen LogP contribution is -2.40. The quantitative estimate of drug-likeness (QED) is 0.620. The van der Waals surface area contributed by atoms with Crippen molar-refractivity contribution in [2.24, 2.45) is 17.4 Å². The fraction of sp³-hybridized carbons (Fsp3) is 0.524. The molecule has 2 amide bonds. The van der Waals surface area contributed by atoms with Gasteiger partial charge in [0.15, 0.2) is 6.61 Å². The van der Waals surface area contributed by atoms with Crippen LogP contribution in [0.15, 0.2) is 24.3 Å². The van der Waals surface area contributed by atoms with Gasteiger partial charge in [0.25, 0.3) is 5.91 Å². The maximum Gasteiger partial charge on any atom is 0.255 e. The average molecular weight is 428 g/mol. The fourth-order valence-corrected chi connectivity index (χ4v) is 4.17. The third kappa shape index (κ3) is 4.96. The minimum absolute atomic E-state index is 0.0885. The summed E-state index contributed by atoms with van der Waals surface area (Å²) in [6.07, 6.45) is 2.32. The van der Waals surface area contributed by atoms with E-state index >= 15 is 0 Å². The number of piperidine rings is 1. The summed E-state index contributed by atoms with van der Waals surface area (Å²) in [7, 11) is 0. The molecule has 2 saturated heterocycles. The first-order valence-corrected chi connectivity index (χ1v) is 10.6. The monoisotopic (exact) mass is 428 g/mol. The second-order valence-corrected chi connectivity index (χ2v) is 8.07. The molecule has 0 aliphatic carbocycles. The molecule has 2 aliphatic rings. The Labute approximate surface area is 180 Å². The summed E-state index contributed by atoms with van der Waals surface area (Å²) < 4.78 is 13.1. The summed E-state index contributed by atoms with van der Waals surface area (Å²) in [5, 5.41) is 9.02. The van der Waals surface area contributed by atoms with E-state index in [-0.39, 0.29) is 24.3 Å². The molecule has 31 heavy (non-hydrogen) atoms. The molecule has 1 unspecified atom stereocenters. The Morgan fingerprint density at radius 2 is 1.97 bits per heavy atom. The highest BCUT2D eigenvalue weighted by molar-refractivity contribution is 5.77. The minimum Gasteiger partial charge on any atom is -0.484 e. The van der Waals surface area contributed by atoms with Crippen molar-refractivity contribution in [3.63, 3.8) is 0 Å². The Morgan fingerprint density at radius 3 is 2.65 bits per heavy atom. The van der Waals surface area contributed by atoms with E-state index in [1.54, 1.807) is 6.07 Å². The largest absolute Gasteiger partial charge is 0.484 e. The van der Waals surface area contributed by atoms with Crippen LogP contribution in [0.5, 0.6) is 5.75 Å². The van der Waals surface area contributed by atoms with Gasteiger partial charge in [-0.1, -0.05) is 12.1 Å². The van der Waals surface area contributed by atoms with Crippen LogP contribution in [0.1, 0.15) is 36.6 Å². The van der Waals surface area contributed by atoms with Crippen molar-refractivity contribution >= 4 is 17.8 Å². The molecule has 166 valence electrons. The van der Waals surface area contributed by atoms with Gasteiger partial charge in [-0.2, -0.15) is 0 Å². The number of aromatic nitrogens is 3. The van der Waals surface area contributed by atoms with Crippen LogP contribution < -0.4 is 21.1 Å². The number of ether oxygens (including phenoxy) is 2. The Morgan fingerprint density at radius 1 is 1.16 bits per heavy atom. The van der Waals surface area contributed by atoms with Gasteiger partial charge in [0.1, 0.15) is 11.6 Å². The SMILES string of the molecule is NC(=O)COc1cccc(Cn2c(C3CCOC3)nnc2N2CCC(C(N)=O)CC2)c1. The number of hydrogen-bond acceptors (Lipinski definition) is 7. The number of amides is 2. The van der Waals surface area contributed by atoms with E-state index in [0.717, 1.165) is 23.8 Å². The van der Waals surface area contributed by atoms with E-state index in [9.17, 15) is 9.59 Å². The number of nitrogens with two attached hydrogens (primary N) is 2. The first kappa shape index (κ1) is 21.1. The summed E-state index contributed by atoms with van der Waals surface area (Å²) in [6.45, 7) is 3.14. The zero-order valence-electron chi connectivity index (χ0n) is 17.4. The number of carbonyl (C=O) groups excluding carboxylic acids is 2. The number of primary amides is 2. The zero-order chi connectivity index (χ0) is 21.8. The Balaban J connectivity index is 1.58. The second kappa shape index (κ2) is 9.34. The van der Waals surface area contributed by atoms with Gasteiger partial charge in [-0.05, 0) is 37.0 Å². The van der Waals surface area contributed by atoms with Crippen LogP contribution in [0.4, 0.5) is 5.95 Å². The van der Waals surface area contributed by atoms with E-state index in [1.165, 1.54) is 0 Å². The Hall–Kier alpha value is -3.14. The second-order valence-electron chi connectivity index (χ2n) is 8.07. The fourth-order valence-electron chi connectivity index (χ4n) is 4.17. The maximum atomic E-state index is 11.5. The lowest BCUT2D eigenvalue weighted by Gasteiger charge is -2.31. The van der Waals surface area contributed by atoms with E-state index in [1.807, 2.05) is 18.2 Å². The van der Waals surface area contributed by atoms with Crippen molar-refractivity contribution in [2.75, 3.05) is 37.8 Å². The summed E-state index contributed by atoms with van der Waals surface area (Å²) >= 11 is 0. The lowest BCUT2D eigenvalue weighted by molar-refractivity contribution is -0.122. The van der Waals surface area contributed by atoms with E-state index < -0.39 is 5.91 Å². The summed E-state index contributed by atoms with van der Waals surface area (Å²) in [5.74, 6) is 1.61. The molecule has 2 aromatic rings. The molecule has 4 rings (SSSR count). The number of rotatable bonds is 8. The summed E-state index contributed by atoms with van der Waals surface area (Å²) in [6, 6.07) is 7.56. The van der Waals surface area contributed by atoms with Crippen LogP contribution in [0, 0.1) is 5.92 Å². The van der Waals surface area contributed by atoms with Gasteiger partial charge in [0.05, 0.1) is 13.2 Å². The van der Waals surface area contributed by atoms with Gasteiger partial charge >= 0.3 is 0 Å². The molecule has 4 N–H and O–H groups in total. The predicted molar refractivity (Wildman–Crippen MR) is 113 cm³/mol. The van der Waals surface area contributed by atoms with E-state index in [4.69, 9.17) is 20.9 Å². The van der Waals surface area contributed by atoms with Crippen molar-refractivity contribution in [3.05, 3.63) is 35.7 Å². The topological polar surface area (TPSA) is 139 Å². The van der Waals surface area contributed by atoms with E-state index in [0.29, 0.717) is 51.4 Å². The molecule has 10 heteroatoms. The molecule has 0 radical (unpaired) electrons. The van der Waals surface area contributed by atoms with Crippen LogP contribution in [-0.2, 0) is 20.9 Å². The Bertz CT molecular complexity index is 932. The number of nitrogens with zero attached hydrogens (tertiary/aromatic N) is 4. The van der Waals surface area contributed by atoms with Crippen molar-refractivity contribution in [1.82, 2.24) is 14.8 Å².